The summed E-state index contributed by atoms with van der Waals surface area (Å²) in [6.07, 6.45) is -0.661. The van der Waals surface area contributed by atoms with Crippen molar-refractivity contribution in [3.63, 3.8) is 0 Å². The van der Waals surface area contributed by atoms with Crippen LogP contribution in [0.25, 0.3) is 0 Å². The van der Waals surface area contributed by atoms with Crippen LogP contribution >= 0.6 is 11.6 Å². The van der Waals surface area contributed by atoms with E-state index in [9.17, 15) is 9.59 Å². The number of fused-ring (bicyclic) bond motifs is 1. The summed E-state index contributed by atoms with van der Waals surface area (Å²) >= 11 is 5.94. The smallest absolute Gasteiger partial charge is 0.266 e. The first kappa shape index (κ1) is 19.5. The van der Waals surface area contributed by atoms with Gasteiger partial charge in [0.25, 0.3) is 11.8 Å². The zero-order valence-corrected chi connectivity index (χ0v) is 16.0. The number of rotatable bonds is 6. The normalized spacial score (nSPS) is 15.2. The highest BCUT2D eigenvalue weighted by Crippen LogP contribution is 2.26. The van der Waals surface area contributed by atoms with E-state index in [0.29, 0.717) is 16.1 Å². The van der Waals surface area contributed by atoms with Crippen LogP contribution in [-0.2, 0) is 14.6 Å². The third-order valence-corrected chi connectivity index (χ3v) is 4.02. The quantitative estimate of drug-likeness (QED) is 0.417. The number of hydrogen-bond donors (Lipinski definition) is 0. The molecule has 3 rings (SSSR count). The number of carbonyl (C=O) groups is 2. The maximum absolute atomic E-state index is 12.4. The highest BCUT2D eigenvalue weighted by molar-refractivity contribution is 6.30. The molecule has 2 aromatic carbocycles. The lowest BCUT2D eigenvalue weighted by Crippen LogP contribution is -2.32. The molecule has 0 saturated heterocycles. The average molecular weight is 390 g/mol. The van der Waals surface area contributed by atoms with Crippen LogP contribution in [-0.4, -0.2) is 29.1 Å². The van der Waals surface area contributed by atoms with Crippen molar-refractivity contribution in [2.24, 2.45) is 0 Å². The van der Waals surface area contributed by atoms with E-state index in [1.165, 1.54) is 0 Å². The van der Waals surface area contributed by atoms with Gasteiger partial charge in [-0.15, -0.1) is 5.06 Å². The van der Waals surface area contributed by atoms with Gasteiger partial charge in [-0.05, 0) is 50.6 Å². The van der Waals surface area contributed by atoms with E-state index >= 15 is 0 Å². The largest absolute Gasteiger partial charge is 0.285 e. The molecule has 2 aromatic rings. The lowest BCUT2D eigenvalue weighted by Gasteiger charge is -2.24. The van der Waals surface area contributed by atoms with Gasteiger partial charge >= 0.3 is 0 Å². The molecule has 0 saturated carbocycles. The Balaban J connectivity index is 1.74. The average Bonchev–Trinajstić information content (AvgIpc) is 2.87. The van der Waals surface area contributed by atoms with Crippen LogP contribution in [0, 0.1) is 0 Å². The Labute approximate surface area is 162 Å². The minimum absolute atomic E-state index is 0.0941. The van der Waals surface area contributed by atoms with Crippen LogP contribution in [0.4, 0.5) is 0 Å². The highest BCUT2D eigenvalue weighted by atomic mass is 35.5. The molecule has 1 atom stereocenters. The Kier molecular flexibility index (Phi) is 5.62. The van der Waals surface area contributed by atoms with Gasteiger partial charge < -0.3 is 0 Å². The van der Waals surface area contributed by atoms with E-state index in [-0.39, 0.29) is 6.61 Å². The number of carbonyl (C=O) groups excluding carboxylic acids is 2. The molecule has 1 aliphatic heterocycles. The molecular weight excluding hydrogens is 370 g/mol. The number of hydrogen-bond acceptors (Lipinski definition) is 5. The van der Waals surface area contributed by atoms with E-state index in [0.717, 1.165) is 10.6 Å². The molecular formula is C20H20ClNO5. The van der Waals surface area contributed by atoms with Crippen molar-refractivity contribution in [2.75, 3.05) is 6.61 Å². The minimum atomic E-state index is -0.661. The monoisotopic (exact) mass is 389 g/mol. The summed E-state index contributed by atoms with van der Waals surface area (Å²) in [5.41, 5.74) is 0.829. The number of benzene rings is 2. The molecule has 1 heterocycles. The lowest BCUT2D eigenvalue weighted by atomic mass is 10.1. The summed E-state index contributed by atoms with van der Waals surface area (Å²) in [4.78, 5) is 41.3. The summed E-state index contributed by atoms with van der Waals surface area (Å²) in [6, 6.07) is 13.5. The molecule has 0 N–H and O–H groups in total. The van der Waals surface area contributed by atoms with Gasteiger partial charge in [-0.2, -0.15) is 0 Å². The van der Waals surface area contributed by atoms with E-state index < -0.39 is 23.5 Å². The molecule has 0 spiro atoms. The topological polar surface area (TPSA) is 65.1 Å². The molecule has 2 amide bonds. The van der Waals surface area contributed by atoms with Crippen LogP contribution in [0.2, 0.25) is 5.02 Å². The number of amides is 2. The first-order valence-corrected chi connectivity index (χ1v) is 8.85. The second-order valence-electron chi connectivity index (χ2n) is 7.08. The Morgan fingerprint density at radius 3 is 2.04 bits per heavy atom. The fraction of sp³-hybridized carbons (Fsp3) is 0.300. The molecule has 1 aliphatic rings. The minimum Gasteiger partial charge on any atom is -0.266 e. The molecule has 7 heteroatoms. The SMILES string of the molecule is CC(C)(C)OOC(CON1C(=O)c2ccccc2C1=O)c1ccc(Cl)cc1. The van der Waals surface area contributed by atoms with Crippen molar-refractivity contribution in [1.82, 2.24) is 5.06 Å². The predicted molar refractivity (Wildman–Crippen MR) is 99.0 cm³/mol. The first-order valence-electron chi connectivity index (χ1n) is 8.47. The van der Waals surface area contributed by atoms with Gasteiger partial charge in [-0.25, -0.2) is 9.78 Å². The molecule has 0 aromatic heterocycles. The zero-order chi connectivity index (χ0) is 19.6. The second-order valence-corrected chi connectivity index (χ2v) is 7.51. The highest BCUT2D eigenvalue weighted by Gasteiger charge is 2.37. The van der Waals surface area contributed by atoms with Crippen LogP contribution in [0.1, 0.15) is 53.2 Å². The Bertz CT molecular complexity index is 809. The lowest BCUT2D eigenvalue weighted by molar-refractivity contribution is -0.383. The van der Waals surface area contributed by atoms with Crippen LogP contribution in [0.15, 0.2) is 48.5 Å². The number of hydroxylamine groups is 2. The van der Waals surface area contributed by atoms with Gasteiger partial charge in [-0.1, -0.05) is 35.9 Å². The maximum Gasteiger partial charge on any atom is 0.285 e. The fourth-order valence-electron chi connectivity index (χ4n) is 2.49. The Morgan fingerprint density at radius 2 is 1.52 bits per heavy atom. The van der Waals surface area contributed by atoms with Crippen LogP contribution in [0.3, 0.4) is 0 Å². The van der Waals surface area contributed by atoms with Gasteiger partial charge in [-0.3, -0.25) is 14.4 Å². The number of nitrogens with zero attached hydrogens (tertiary/aromatic N) is 1. The molecule has 0 bridgehead atoms. The number of halogens is 1. The van der Waals surface area contributed by atoms with Gasteiger partial charge in [0.1, 0.15) is 12.7 Å². The van der Waals surface area contributed by atoms with Crippen LogP contribution in [0.5, 0.6) is 0 Å². The van der Waals surface area contributed by atoms with Gasteiger partial charge in [0.05, 0.1) is 16.7 Å². The van der Waals surface area contributed by atoms with Crippen LogP contribution < -0.4 is 0 Å². The van der Waals surface area contributed by atoms with Crippen molar-refractivity contribution >= 4 is 23.4 Å². The van der Waals surface area contributed by atoms with Crippen molar-refractivity contribution in [3.05, 3.63) is 70.2 Å². The van der Waals surface area contributed by atoms with Crippen molar-refractivity contribution in [1.29, 1.82) is 0 Å². The van der Waals surface area contributed by atoms with E-state index in [2.05, 4.69) is 0 Å². The second kappa shape index (κ2) is 7.78. The van der Waals surface area contributed by atoms with E-state index in [4.69, 9.17) is 26.2 Å². The zero-order valence-electron chi connectivity index (χ0n) is 15.3. The third kappa shape index (κ3) is 4.54. The van der Waals surface area contributed by atoms with E-state index in [1.807, 2.05) is 20.8 Å². The summed E-state index contributed by atoms with van der Waals surface area (Å²) in [5, 5.41) is 1.34. The molecule has 0 aliphatic carbocycles. The van der Waals surface area contributed by atoms with Gasteiger partial charge in [0.15, 0.2) is 0 Å². The molecule has 27 heavy (non-hydrogen) atoms. The Hall–Kier alpha value is -2.25. The summed E-state index contributed by atoms with van der Waals surface area (Å²) < 4.78 is 0. The first-order chi connectivity index (χ1) is 12.8. The summed E-state index contributed by atoms with van der Waals surface area (Å²) in [5.74, 6) is -0.996. The summed E-state index contributed by atoms with van der Waals surface area (Å²) in [6.45, 7) is 5.44. The number of imide groups is 1. The summed E-state index contributed by atoms with van der Waals surface area (Å²) in [7, 11) is 0. The van der Waals surface area contributed by atoms with Gasteiger partial charge in [0.2, 0.25) is 0 Å². The van der Waals surface area contributed by atoms with E-state index in [1.54, 1.807) is 48.5 Å². The maximum atomic E-state index is 12.4. The molecule has 1 unspecified atom stereocenters. The van der Waals surface area contributed by atoms with Crippen molar-refractivity contribution < 1.29 is 24.2 Å². The molecule has 0 fully saturated rings. The predicted octanol–water partition coefficient (Wildman–Crippen LogP) is 4.36. The van der Waals surface area contributed by atoms with Gasteiger partial charge in [0, 0.05) is 5.02 Å². The molecule has 6 nitrogen and oxygen atoms in total. The van der Waals surface area contributed by atoms with Crippen molar-refractivity contribution in [3.8, 4) is 0 Å². The Morgan fingerprint density at radius 1 is 0.963 bits per heavy atom. The standard InChI is InChI=1S/C20H20ClNO5/c1-20(2,3)27-26-17(13-8-10-14(21)11-9-13)12-25-22-18(23)15-6-4-5-7-16(15)19(22)24/h4-11,17H,12H2,1-3H3. The fourth-order valence-corrected chi connectivity index (χ4v) is 2.61. The molecule has 142 valence electrons. The third-order valence-electron chi connectivity index (χ3n) is 3.77. The van der Waals surface area contributed by atoms with Crippen molar-refractivity contribution in [2.45, 2.75) is 32.5 Å². The molecule has 0 radical (unpaired) electrons.